The van der Waals surface area contributed by atoms with Crippen molar-refractivity contribution >= 4 is 45.3 Å². The van der Waals surface area contributed by atoms with Gasteiger partial charge in [-0.1, -0.05) is 72.8 Å². The van der Waals surface area contributed by atoms with Crippen molar-refractivity contribution in [2.45, 2.75) is 5.54 Å². The summed E-state index contributed by atoms with van der Waals surface area (Å²) in [6, 6.07) is 28.3. The minimum absolute atomic E-state index is 0.0869. The molecule has 5 aromatic rings. The smallest absolute Gasteiger partial charge is 0.278 e. The SMILES string of the molecule is O=C1C2=C(C(=O)c3ccccc31)C1(C(=O)N(c3ccccc3)c3ccccc31)n1c(=O)c3ccccc3c(=O)n12. The highest BCUT2D eigenvalue weighted by Crippen LogP contribution is 2.55. The summed E-state index contributed by atoms with van der Waals surface area (Å²) in [5.41, 5.74) is -2.34. The van der Waals surface area contributed by atoms with Crippen molar-refractivity contribution in [3.8, 4) is 0 Å². The van der Waals surface area contributed by atoms with Gasteiger partial charge in [-0.25, -0.2) is 9.36 Å². The highest BCUT2D eigenvalue weighted by Gasteiger charge is 2.65. The lowest BCUT2D eigenvalue weighted by Crippen LogP contribution is -2.53. The molecule has 4 aromatic carbocycles. The molecule has 1 aliphatic carbocycles. The molecule has 3 heterocycles. The first-order valence-electron chi connectivity index (χ1n) is 12.7. The number of para-hydroxylation sites is 2. The second kappa shape index (κ2) is 7.48. The Morgan fingerprint density at radius 3 is 1.85 bits per heavy atom. The number of amides is 1. The van der Waals surface area contributed by atoms with E-state index in [0.717, 1.165) is 9.36 Å². The van der Waals surface area contributed by atoms with E-state index in [1.54, 1.807) is 72.8 Å². The van der Waals surface area contributed by atoms with Gasteiger partial charge in [0.1, 0.15) is 5.70 Å². The van der Waals surface area contributed by atoms with Gasteiger partial charge in [0, 0.05) is 22.4 Å². The van der Waals surface area contributed by atoms with E-state index >= 15 is 0 Å². The number of rotatable bonds is 1. The van der Waals surface area contributed by atoms with E-state index in [2.05, 4.69) is 0 Å². The van der Waals surface area contributed by atoms with E-state index in [0.29, 0.717) is 16.9 Å². The fourth-order valence-electron chi connectivity index (χ4n) is 6.42. The van der Waals surface area contributed by atoms with Crippen LogP contribution in [0.15, 0.2) is 118 Å². The molecule has 3 aliphatic rings. The number of carbonyl (C=O) groups is 3. The van der Waals surface area contributed by atoms with E-state index in [4.69, 9.17) is 0 Å². The molecule has 8 rings (SSSR count). The van der Waals surface area contributed by atoms with Gasteiger partial charge in [-0.15, -0.1) is 0 Å². The molecular weight excluding hydrogens is 506 g/mol. The van der Waals surface area contributed by atoms with Crippen LogP contribution in [0.3, 0.4) is 0 Å². The number of allylic oxidation sites excluding steroid dienone is 1. The molecule has 1 amide bonds. The summed E-state index contributed by atoms with van der Waals surface area (Å²) >= 11 is 0. The van der Waals surface area contributed by atoms with Gasteiger partial charge in [0.05, 0.1) is 22.0 Å². The molecule has 0 radical (unpaired) electrons. The van der Waals surface area contributed by atoms with Crippen LogP contribution in [0.5, 0.6) is 0 Å². The third-order valence-electron chi connectivity index (χ3n) is 8.02. The van der Waals surface area contributed by atoms with Crippen LogP contribution in [0.4, 0.5) is 11.4 Å². The number of benzene rings is 4. The highest BCUT2D eigenvalue weighted by molar-refractivity contribution is 6.41. The summed E-state index contributed by atoms with van der Waals surface area (Å²) in [6.07, 6.45) is 0. The highest BCUT2D eigenvalue weighted by atomic mass is 16.2. The van der Waals surface area contributed by atoms with E-state index in [-0.39, 0.29) is 33.2 Å². The van der Waals surface area contributed by atoms with E-state index in [1.807, 2.05) is 6.07 Å². The minimum Gasteiger partial charge on any atom is -0.289 e. The number of carbonyl (C=O) groups excluding carboxylic acids is 3. The molecule has 0 bridgehead atoms. The third-order valence-corrected chi connectivity index (χ3v) is 8.02. The Morgan fingerprint density at radius 2 is 1.12 bits per heavy atom. The number of hydrogen-bond donors (Lipinski definition) is 0. The maximum atomic E-state index is 14.9. The van der Waals surface area contributed by atoms with Gasteiger partial charge in [0.25, 0.3) is 17.0 Å². The summed E-state index contributed by atoms with van der Waals surface area (Å²) < 4.78 is 1.99. The summed E-state index contributed by atoms with van der Waals surface area (Å²) in [6.45, 7) is 0. The van der Waals surface area contributed by atoms with Crippen LogP contribution >= 0.6 is 0 Å². The van der Waals surface area contributed by atoms with Crippen molar-refractivity contribution in [1.82, 2.24) is 9.36 Å². The zero-order valence-electron chi connectivity index (χ0n) is 20.7. The average Bonchev–Trinajstić information content (AvgIpc) is 3.46. The molecule has 2 aliphatic heterocycles. The van der Waals surface area contributed by atoms with Crippen molar-refractivity contribution in [1.29, 1.82) is 0 Å². The Balaban J connectivity index is 1.60. The zero-order chi connectivity index (χ0) is 27.3. The predicted octanol–water partition coefficient (Wildman–Crippen LogP) is 3.89. The van der Waals surface area contributed by atoms with Gasteiger partial charge >= 0.3 is 0 Å². The third kappa shape index (κ3) is 2.39. The summed E-state index contributed by atoms with van der Waals surface area (Å²) in [7, 11) is 0. The zero-order valence-corrected chi connectivity index (χ0v) is 20.7. The molecule has 0 saturated heterocycles. The van der Waals surface area contributed by atoms with Gasteiger partial charge < -0.3 is 0 Å². The molecule has 1 atom stereocenters. The fourth-order valence-corrected chi connectivity index (χ4v) is 6.42. The molecule has 0 saturated carbocycles. The van der Waals surface area contributed by atoms with Gasteiger partial charge in [0.15, 0.2) is 5.78 Å². The lowest BCUT2D eigenvalue weighted by molar-refractivity contribution is -0.122. The van der Waals surface area contributed by atoms with Gasteiger partial charge in [-0.3, -0.25) is 28.9 Å². The van der Waals surface area contributed by atoms with E-state index in [9.17, 15) is 24.0 Å². The Labute approximate surface area is 225 Å². The molecule has 0 fully saturated rings. The molecule has 1 unspecified atom stereocenters. The average molecular weight is 524 g/mol. The van der Waals surface area contributed by atoms with Crippen LogP contribution in [-0.2, 0) is 10.3 Å². The van der Waals surface area contributed by atoms with Crippen molar-refractivity contribution < 1.29 is 14.4 Å². The first-order chi connectivity index (χ1) is 19.5. The van der Waals surface area contributed by atoms with Gasteiger partial charge in [-0.2, -0.15) is 0 Å². The van der Waals surface area contributed by atoms with E-state index < -0.39 is 34.1 Å². The molecule has 8 heteroatoms. The molecule has 0 N–H and O–H groups in total. The Hall–Kier alpha value is -5.63. The summed E-state index contributed by atoms with van der Waals surface area (Å²) in [5, 5.41) is 0.175. The normalized spacial score (nSPS) is 18.8. The monoisotopic (exact) mass is 523 g/mol. The Kier molecular flexibility index (Phi) is 4.18. The van der Waals surface area contributed by atoms with Gasteiger partial charge in [0.2, 0.25) is 11.3 Å². The second-order valence-corrected chi connectivity index (χ2v) is 9.91. The van der Waals surface area contributed by atoms with Crippen LogP contribution in [0.1, 0.15) is 26.3 Å². The lowest BCUT2D eigenvalue weighted by Gasteiger charge is -2.29. The Bertz CT molecular complexity index is 2170. The van der Waals surface area contributed by atoms with Crippen LogP contribution in [0.2, 0.25) is 0 Å². The van der Waals surface area contributed by atoms with Crippen molar-refractivity contribution in [2.24, 2.45) is 0 Å². The number of ketones is 2. The van der Waals surface area contributed by atoms with Crippen molar-refractivity contribution in [3.05, 3.63) is 146 Å². The van der Waals surface area contributed by atoms with Crippen molar-refractivity contribution in [3.63, 3.8) is 0 Å². The number of fused-ring (bicyclic) bond motifs is 8. The van der Waals surface area contributed by atoms with Gasteiger partial charge in [-0.05, 0) is 30.3 Å². The number of Topliss-reactive ketones (excluding diaryl/α,β-unsaturated/α-hetero) is 2. The molecule has 1 spiro atoms. The van der Waals surface area contributed by atoms with Crippen molar-refractivity contribution in [2.75, 3.05) is 4.90 Å². The standard InChI is InChI=1S/C32H17N3O5/c36-27-19-12-4-5-13-20(19)28(37)26-25(27)32(35-30(39)22-15-7-6-14-21(22)29(38)34(26)35)23-16-8-9-17-24(23)33(31(32)40)18-10-2-1-3-11-18/h1-17H. The van der Waals surface area contributed by atoms with Crippen LogP contribution in [0.25, 0.3) is 16.5 Å². The summed E-state index contributed by atoms with van der Waals surface area (Å²) in [5.74, 6) is -1.81. The van der Waals surface area contributed by atoms with Crippen LogP contribution in [0, 0.1) is 0 Å². The number of aromatic nitrogens is 2. The number of hydrogen-bond acceptors (Lipinski definition) is 5. The lowest BCUT2D eigenvalue weighted by atomic mass is 9.75. The second-order valence-electron chi connectivity index (χ2n) is 9.91. The molecular formula is C32H17N3O5. The van der Waals surface area contributed by atoms with Crippen LogP contribution in [-0.4, -0.2) is 26.8 Å². The maximum Gasteiger partial charge on any atom is 0.278 e. The number of nitrogens with zero attached hydrogens (tertiary/aromatic N) is 3. The summed E-state index contributed by atoms with van der Waals surface area (Å²) in [4.78, 5) is 73.3. The minimum atomic E-state index is -2.08. The molecule has 40 heavy (non-hydrogen) atoms. The quantitative estimate of drug-likeness (QED) is 0.332. The van der Waals surface area contributed by atoms with Crippen LogP contribution < -0.4 is 16.0 Å². The maximum absolute atomic E-state index is 14.9. The molecule has 8 nitrogen and oxygen atoms in total. The fraction of sp³-hybridized carbons (Fsp3) is 0.0312. The molecule has 1 aromatic heterocycles. The first kappa shape index (κ1) is 22.4. The molecule has 190 valence electrons. The van der Waals surface area contributed by atoms with E-state index in [1.165, 1.54) is 29.2 Å². The number of anilines is 2. The largest absolute Gasteiger partial charge is 0.289 e. The Morgan fingerprint density at radius 1 is 0.550 bits per heavy atom. The predicted molar refractivity (Wildman–Crippen MR) is 148 cm³/mol. The first-order valence-corrected chi connectivity index (χ1v) is 12.7. The topological polar surface area (TPSA) is 98.5 Å².